The summed E-state index contributed by atoms with van der Waals surface area (Å²) in [5.41, 5.74) is 1.68. The Morgan fingerprint density at radius 2 is 2.22 bits per heavy atom. The van der Waals surface area contributed by atoms with Crippen molar-refractivity contribution in [1.29, 1.82) is 0 Å². The first-order valence-corrected chi connectivity index (χ1v) is 7.45. The fraction of sp³-hybridized carbons (Fsp3) is 0.154. The lowest BCUT2D eigenvalue weighted by Crippen LogP contribution is -2.01. The SMILES string of the molecule is O=[N+]([O-])c1ncn(Cc2csc(-c3ccc4c(c3)OCO4)n2)n1. The Hall–Kier alpha value is -3.01. The molecule has 0 saturated heterocycles. The molecule has 0 N–H and O–H groups in total. The van der Waals surface area contributed by atoms with Gasteiger partial charge in [-0.2, -0.15) is 4.68 Å². The third-order valence-corrected chi connectivity index (χ3v) is 4.12. The van der Waals surface area contributed by atoms with Gasteiger partial charge in [-0.1, -0.05) is 4.98 Å². The highest BCUT2D eigenvalue weighted by Gasteiger charge is 2.17. The van der Waals surface area contributed by atoms with E-state index in [1.54, 1.807) is 0 Å². The molecule has 0 bridgehead atoms. The van der Waals surface area contributed by atoms with E-state index in [1.165, 1.54) is 22.3 Å². The minimum absolute atomic E-state index is 0.229. The predicted molar refractivity (Wildman–Crippen MR) is 79.5 cm³/mol. The lowest BCUT2D eigenvalue weighted by Gasteiger charge is -1.99. The van der Waals surface area contributed by atoms with Crippen LogP contribution >= 0.6 is 11.3 Å². The fourth-order valence-electron chi connectivity index (χ4n) is 2.15. The molecule has 10 heteroatoms. The molecule has 9 nitrogen and oxygen atoms in total. The quantitative estimate of drug-likeness (QED) is 0.532. The van der Waals surface area contributed by atoms with Gasteiger partial charge in [-0.25, -0.2) is 4.98 Å². The zero-order chi connectivity index (χ0) is 15.8. The number of benzene rings is 1. The summed E-state index contributed by atoms with van der Waals surface area (Å²) >= 11 is 1.48. The molecule has 0 fully saturated rings. The maximum Gasteiger partial charge on any atom is 0.490 e. The maximum atomic E-state index is 10.6. The molecule has 3 heterocycles. The van der Waals surface area contributed by atoms with E-state index in [9.17, 15) is 10.1 Å². The second-order valence-corrected chi connectivity index (χ2v) is 5.57. The van der Waals surface area contributed by atoms with E-state index in [2.05, 4.69) is 15.1 Å². The minimum Gasteiger partial charge on any atom is -0.454 e. The predicted octanol–water partition coefficient (Wildman–Crippen LogP) is 2.09. The van der Waals surface area contributed by atoms with E-state index in [1.807, 2.05) is 23.6 Å². The Morgan fingerprint density at radius 3 is 3.04 bits per heavy atom. The molecule has 116 valence electrons. The summed E-state index contributed by atoms with van der Waals surface area (Å²) in [4.78, 5) is 18.1. The molecule has 0 radical (unpaired) electrons. The maximum absolute atomic E-state index is 10.6. The van der Waals surface area contributed by atoms with E-state index in [0.29, 0.717) is 12.3 Å². The Labute approximate surface area is 133 Å². The molecule has 0 aliphatic carbocycles. The van der Waals surface area contributed by atoms with E-state index in [4.69, 9.17) is 9.47 Å². The molecule has 1 aromatic carbocycles. The molecule has 0 saturated carbocycles. The molecule has 3 aromatic rings. The largest absolute Gasteiger partial charge is 0.490 e. The fourth-order valence-corrected chi connectivity index (χ4v) is 2.96. The molecular formula is C13H9N5O4S. The number of aromatic nitrogens is 4. The topological polar surface area (TPSA) is 105 Å². The van der Waals surface area contributed by atoms with Crippen LogP contribution in [0.3, 0.4) is 0 Å². The lowest BCUT2D eigenvalue weighted by molar-refractivity contribution is -0.394. The Morgan fingerprint density at radius 1 is 1.35 bits per heavy atom. The normalized spacial score (nSPS) is 12.5. The summed E-state index contributed by atoms with van der Waals surface area (Å²) in [6.45, 7) is 0.550. The minimum atomic E-state index is -0.629. The number of rotatable bonds is 4. The van der Waals surface area contributed by atoms with Crippen LogP contribution < -0.4 is 9.47 Å². The summed E-state index contributed by atoms with van der Waals surface area (Å²) in [6, 6.07) is 5.64. The Balaban J connectivity index is 1.55. The molecule has 1 aliphatic rings. The van der Waals surface area contributed by atoms with Crippen LogP contribution in [0.5, 0.6) is 11.5 Å². The second kappa shape index (κ2) is 5.32. The Bertz CT molecular complexity index is 890. The van der Waals surface area contributed by atoms with Crippen molar-refractivity contribution in [3.8, 4) is 22.1 Å². The summed E-state index contributed by atoms with van der Waals surface area (Å²) in [5.74, 6) is 1.00. The van der Waals surface area contributed by atoms with Crippen LogP contribution in [0.25, 0.3) is 10.6 Å². The number of thiazole rings is 1. The third kappa shape index (κ3) is 2.59. The molecule has 1 aliphatic heterocycles. The number of fused-ring (bicyclic) bond motifs is 1. The van der Waals surface area contributed by atoms with Crippen molar-refractivity contribution in [1.82, 2.24) is 19.7 Å². The summed E-state index contributed by atoms with van der Waals surface area (Å²) < 4.78 is 12.0. The number of ether oxygens (including phenoxy) is 2. The zero-order valence-electron chi connectivity index (χ0n) is 11.6. The molecule has 0 atom stereocenters. The summed E-state index contributed by atoms with van der Waals surface area (Å²) in [6.07, 6.45) is 1.32. The van der Waals surface area contributed by atoms with Gasteiger partial charge in [-0.3, -0.25) is 0 Å². The van der Waals surface area contributed by atoms with Gasteiger partial charge >= 0.3 is 5.95 Å². The van der Waals surface area contributed by atoms with E-state index < -0.39 is 10.9 Å². The number of hydrogen-bond donors (Lipinski definition) is 0. The average Bonchev–Trinajstić information content (AvgIpc) is 3.27. The molecule has 23 heavy (non-hydrogen) atoms. The van der Waals surface area contributed by atoms with Crippen LogP contribution in [-0.4, -0.2) is 31.5 Å². The summed E-state index contributed by atoms with van der Waals surface area (Å²) in [5, 5.41) is 17.1. The van der Waals surface area contributed by atoms with Gasteiger partial charge in [0, 0.05) is 16.0 Å². The monoisotopic (exact) mass is 331 g/mol. The van der Waals surface area contributed by atoms with Crippen LogP contribution in [0, 0.1) is 10.1 Å². The number of nitrogens with zero attached hydrogens (tertiary/aromatic N) is 5. The molecule has 4 rings (SSSR count). The van der Waals surface area contributed by atoms with Crippen LogP contribution in [0.4, 0.5) is 5.95 Å². The van der Waals surface area contributed by atoms with Gasteiger partial charge in [0.15, 0.2) is 11.5 Å². The molecular weight excluding hydrogens is 322 g/mol. The number of hydrogen-bond acceptors (Lipinski definition) is 8. The van der Waals surface area contributed by atoms with E-state index >= 15 is 0 Å². The first kappa shape index (κ1) is 13.6. The third-order valence-electron chi connectivity index (χ3n) is 3.18. The van der Waals surface area contributed by atoms with Gasteiger partial charge in [0.2, 0.25) is 13.1 Å². The van der Waals surface area contributed by atoms with Gasteiger partial charge in [-0.05, 0) is 23.1 Å². The first-order valence-electron chi connectivity index (χ1n) is 6.57. The molecule has 0 spiro atoms. The number of nitro groups is 1. The highest BCUT2D eigenvalue weighted by Crippen LogP contribution is 2.36. The van der Waals surface area contributed by atoms with E-state index in [0.717, 1.165) is 22.0 Å². The first-order chi connectivity index (χ1) is 11.2. The van der Waals surface area contributed by atoms with Gasteiger partial charge in [0.1, 0.15) is 11.6 Å². The Kier molecular flexibility index (Phi) is 3.15. The highest BCUT2D eigenvalue weighted by molar-refractivity contribution is 7.13. The van der Waals surface area contributed by atoms with Crippen molar-refractivity contribution in [2.24, 2.45) is 0 Å². The van der Waals surface area contributed by atoms with Crippen molar-refractivity contribution >= 4 is 17.3 Å². The second-order valence-electron chi connectivity index (χ2n) is 4.71. The van der Waals surface area contributed by atoms with Crippen LogP contribution in [0.1, 0.15) is 5.69 Å². The zero-order valence-corrected chi connectivity index (χ0v) is 12.4. The van der Waals surface area contributed by atoms with E-state index in [-0.39, 0.29) is 6.79 Å². The highest BCUT2D eigenvalue weighted by atomic mass is 32.1. The van der Waals surface area contributed by atoms with Crippen molar-refractivity contribution in [3.05, 3.63) is 45.7 Å². The van der Waals surface area contributed by atoms with Crippen LogP contribution in [0.15, 0.2) is 29.9 Å². The van der Waals surface area contributed by atoms with Crippen molar-refractivity contribution < 1.29 is 14.4 Å². The van der Waals surface area contributed by atoms with Crippen LogP contribution in [0.2, 0.25) is 0 Å². The molecule has 2 aromatic heterocycles. The van der Waals surface area contributed by atoms with Gasteiger partial charge in [-0.15, -0.1) is 11.3 Å². The van der Waals surface area contributed by atoms with Gasteiger partial charge < -0.3 is 19.6 Å². The standard InChI is InChI=1S/C13H9N5O4S/c19-18(20)13-14-6-17(16-13)4-9-5-23-12(15-9)8-1-2-10-11(3-8)22-7-21-10/h1-3,5-6H,4,7H2. The average molecular weight is 331 g/mol. The van der Waals surface area contributed by atoms with Crippen molar-refractivity contribution in [2.75, 3.05) is 6.79 Å². The van der Waals surface area contributed by atoms with Crippen LogP contribution in [-0.2, 0) is 6.54 Å². The smallest absolute Gasteiger partial charge is 0.454 e. The van der Waals surface area contributed by atoms with Gasteiger partial charge in [0.05, 0.1) is 5.69 Å². The molecule has 0 unspecified atom stereocenters. The van der Waals surface area contributed by atoms with Crippen molar-refractivity contribution in [2.45, 2.75) is 6.54 Å². The lowest BCUT2D eigenvalue weighted by atomic mass is 10.2. The van der Waals surface area contributed by atoms with Crippen molar-refractivity contribution in [3.63, 3.8) is 0 Å². The molecule has 0 amide bonds. The summed E-state index contributed by atoms with van der Waals surface area (Å²) in [7, 11) is 0. The van der Waals surface area contributed by atoms with Gasteiger partial charge in [0.25, 0.3) is 0 Å².